The summed E-state index contributed by atoms with van der Waals surface area (Å²) in [6, 6.07) is 3.12. The molecule has 0 spiro atoms. The number of nitrogen functional groups attached to an aromatic ring is 1. The van der Waals surface area contributed by atoms with E-state index in [1.165, 1.54) is 0 Å². The van der Waals surface area contributed by atoms with Crippen molar-refractivity contribution in [2.75, 3.05) is 11.1 Å². The lowest BCUT2D eigenvalue weighted by Crippen LogP contribution is -2.24. The van der Waals surface area contributed by atoms with Gasteiger partial charge in [-0.05, 0) is 24.3 Å². The average Bonchev–Trinajstić information content (AvgIpc) is 2.21. The van der Waals surface area contributed by atoms with Gasteiger partial charge in [0, 0.05) is 5.69 Å². The van der Waals surface area contributed by atoms with Gasteiger partial charge < -0.3 is 11.1 Å². The Morgan fingerprint density at radius 3 is 2.22 bits per heavy atom. The van der Waals surface area contributed by atoms with Crippen molar-refractivity contribution < 1.29 is 4.79 Å². The number of nitrogens with one attached hydrogen (secondary N) is 1. The fraction of sp³-hybridized carbons (Fsp3) is 0.417. The van der Waals surface area contributed by atoms with E-state index in [1.54, 1.807) is 23.9 Å². The predicted octanol–water partition coefficient (Wildman–Crippen LogP) is 4.04. The third-order valence-electron chi connectivity index (χ3n) is 2.16. The zero-order valence-electron chi connectivity index (χ0n) is 10.5. The van der Waals surface area contributed by atoms with Crippen LogP contribution in [-0.4, -0.2) is 16.4 Å². The Labute approximate surface area is 121 Å². The number of benzene rings is 1. The topological polar surface area (TPSA) is 55.1 Å². The van der Waals surface area contributed by atoms with Crippen molar-refractivity contribution in [2.45, 2.75) is 31.3 Å². The molecule has 0 aliphatic heterocycles. The largest absolute Gasteiger partial charge is 0.399 e. The number of carbonyl (C=O) groups is 1. The maximum absolute atomic E-state index is 12.0. The lowest BCUT2D eigenvalue weighted by molar-refractivity contribution is -0.115. The number of hydrogen-bond acceptors (Lipinski definition) is 3. The van der Waals surface area contributed by atoms with E-state index in [0.717, 1.165) is 0 Å². The molecule has 0 aromatic heterocycles. The molecule has 3 nitrogen and oxygen atoms in total. The third kappa shape index (κ3) is 4.26. The molecule has 1 amide bonds. The van der Waals surface area contributed by atoms with Crippen LogP contribution in [0.3, 0.4) is 0 Å². The Morgan fingerprint density at radius 1 is 1.28 bits per heavy atom. The summed E-state index contributed by atoms with van der Waals surface area (Å²) in [7, 11) is 0. The van der Waals surface area contributed by atoms with Crippen LogP contribution >= 0.6 is 35.0 Å². The highest BCUT2D eigenvalue weighted by Crippen LogP contribution is 2.33. The van der Waals surface area contributed by atoms with Crippen molar-refractivity contribution in [1.29, 1.82) is 0 Å². The summed E-state index contributed by atoms with van der Waals surface area (Å²) in [6.45, 7) is 5.92. The second-order valence-electron chi connectivity index (χ2n) is 4.18. The van der Waals surface area contributed by atoms with Crippen LogP contribution in [0.4, 0.5) is 11.4 Å². The number of hydrogen-bond donors (Lipinski definition) is 2. The maximum Gasteiger partial charge on any atom is 0.237 e. The van der Waals surface area contributed by atoms with Crippen molar-refractivity contribution in [2.24, 2.45) is 0 Å². The van der Waals surface area contributed by atoms with Crippen LogP contribution in [-0.2, 0) is 4.79 Å². The highest BCUT2D eigenvalue weighted by atomic mass is 35.5. The Morgan fingerprint density at radius 2 is 1.78 bits per heavy atom. The first-order valence-corrected chi connectivity index (χ1v) is 7.22. The number of nitrogens with two attached hydrogens (primary N) is 1. The number of thioether (sulfide) groups is 1. The molecule has 100 valence electrons. The number of halogens is 2. The zero-order valence-corrected chi connectivity index (χ0v) is 12.8. The first-order valence-electron chi connectivity index (χ1n) is 5.52. The molecule has 6 heteroatoms. The van der Waals surface area contributed by atoms with Crippen LogP contribution in [0.5, 0.6) is 0 Å². The summed E-state index contributed by atoms with van der Waals surface area (Å²) in [5, 5.41) is 3.62. The summed E-state index contributed by atoms with van der Waals surface area (Å²) in [4.78, 5) is 12.0. The fourth-order valence-electron chi connectivity index (χ4n) is 1.41. The normalized spacial score (nSPS) is 12.6. The lowest BCUT2D eigenvalue weighted by atomic mass is 10.2. The quantitative estimate of drug-likeness (QED) is 0.825. The number of amides is 1. The van der Waals surface area contributed by atoms with E-state index in [-0.39, 0.29) is 11.2 Å². The van der Waals surface area contributed by atoms with Gasteiger partial charge in [-0.15, -0.1) is 11.8 Å². The Hall–Kier alpha value is -0.580. The molecule has 0 radical (unpaired) electrons. The van der Waals surface area contributed by atoms with Crippen LogP contribution in [0.15, 0.2) is 12.1 Å². The van der Waals surface area contributed by atoms with Gasteiger partial charge in [-0.1, -0.05) is 37.0 Å². The van der Waals surface area contributed by atoms with Crippen LogP contribution < -0.4 is 11.1 Å². The molecule has 1 unspecified atom stereocenters. The second kappa shape index (κ2) is 6.55. The summed E-state index contributed by atoms with van der Waals surface area (Å²) in [5.74, 6) is -0.123. The molecular weight excluding hydrogens is 291 g/mol. The van der Waals surface area contributed by atoms with Gasteiger partial charge in [0.1, 0.15) is 0 Å². The average molecular weight is 307 g/mol. The Balaban J connectivity index is 2.82. The van der Waals surface area contributed by atoms with E-state index in [0.29, 0.717) is 26.7 Å². The summed E-state index contributed by atoms with van der Waals surface area (Å²) >= 11 is 13.6. The van der Waals surface area contributed by atoms with Crippen molar-refractivity contribution in [3.05, 3.63) is 22.2 Å². The van der Waals surface area contributed by atoms with Crippen LogP contribution in [0.1, 0.15) is 20.8 Å². The van der Waals surface area contributed by atoms with E-state index in [2.05, 4.69) is 5.32 Å². The third-order valence-corrected chi connectivity index (χ3v) is 3.92. The fourth-order valence-corrected chi connectivity index (χ4v) is 3.00. The van der Waals surface area contributed by atoms with Crippen molar-refractivity contribution in [3.63, 3.8) is 0 Å². The first-order chi connectivity index (χ1) is 8.31. The highest BCUT2D eigenvalue weighted by Gasteiger charge is 2.17. The molecule has 0 fully saturated rings. The lowest BCUT2D eigenvalue weighted by Gasteiger charge is -2.15. The van der Waals surface area contributed by atoms with Gasteiger partial charge in [-0.2, -0.15) is 0 Å². The second-order valence-corrected chi connectivity index (χ2v) is 6.91. The van der Waals surface area contributed by atoms with Crippen LogP contribution in [0.25, 0.3) is 0 Å². The van der Waals surface area contributed by atoms with Crippen molar-refractivity contribution >= 4 is 52.2 Å². The van der Waals surface area contributed by atoms with Gasteiger partial charge in [-0.25, -0.2) is 0 Å². The smallest absolute Gasteiger partial charge is 0.237 e. The molecule has 0 heterocycles. The zero-order chi connectivity index (χ0) is 13.9. The van der Waals surface area contributed by atoms with E-state index in [4.69, 9.17) is 28.9 Å². The number of rotatable bonds is 4. The van der Waals surface area contributed by atoms with Crippen molar-refractivity contribution in [3.8, 4) is 0 Å². The molecule has 0 bridgehead atoms. The molecule has 1 aromatic carbocycles. The van der Waals surface area contributed by atoms with Crippen LogP contribution in [0.2, 0.25) is 10.0 Å². The van der Waals surface area contributed by atoms with E-state index in [9.17, 15) is 4.79 Å². The van der Waals surface area contributed by atoms with Gasteiger partial charge in [0.25, 0.3) is 0 Å². The van der Waals surface area contributed by atoms with Gasteiger partial charge in [0.15, 0.2) is 0 Å². The molecular formula is C12H16Cl2N2OS. The summed E-state index contributed by atoms with van der Waals surface area (Å²) < 4.78 is 0. The summed E-state index contributed by atoms with van der Waals surface area (Å²) in [5.41, 5.74) is 6.48. The SMILES string of the molecule is CC(C)SC(C)C(=O)Nc1c(Cl)cc(N)cc1Cl. The minimum atomic E-state index is -0.172. The van der Waals surface area contributed by atoms with Gasteiger partial charge >= 0.3 is 0 Å². The predicted molar refractivity (Wildman–Crippen MR) is 81.7 cm³/mol. The van der Waals surface area contributed by atoms with Gasteiger partial charge in [0.2, 0.25) is 5.91 Å². The van der Waals surface area contributed by atoms with E-state index in [1.807, 2.05) is 20.8 Å². The maximum atomic E-state index is 12.0. The minimum Gasteiger partial charge on any atom is -0.399 e. The molecule has 3 N–H and O–H groups in total. The van der Waals surface area contributed by atoms with E-state index >= 15 is 0 Å². The number of anilines is 2. The van der Waals surface area contributed by atoms with E-state index < -0.39 is 0 Å². The van der Waals surface area contributed by atoms with Crippen LogP contribution in [0, 0.1) is 0 Å². The monoisotopic (exact) mass is 306 g/mol. The number of carbonyl (C=O) groups excluding carboxylic acids is 1. The standard InChI is InChI=1S/C12H16Cl2N2OS/c1-6(2)18-7(3)12(17)16-11-9(13)4-8(15)5-10(11)14/h4-7H,15H2,1-3H3,(H,16,17). The Bertz CT molecular complexity index is 429. The molecule has 1 aromatic rings. The molecule has 0 saturated heterocycles. The van der Waals surface area contributed by atoms with Gasteiger partial charge in [0.05, 0.1) is 21.0 Å². The molecule has 0 aliphatic rings. The Kier molecular flexibility index (Phi) is 5.63. The molecule has 0 saturated carbocycles. The van der Waals surface area contributed by atoms with Crippen molar-refractivity contribution in [1.82, 2.24) is 0 Å². The molecule has 1 rings (SSSR count). The first kappa shape index (κ1) is 15.5. The minimum absolute atomic E-state index is 0.123. The molecule has 0 aliphatic carbocycles. The van der Waals surface area contributed by atoms with Gasteiger partial charge in [-0.3, -0.25) is 4.79 Å². The highest BCUT2D eigenvalue weighted by molar-refractivity contribution is 8.01. The molecule has 1 atom stereocenters. The molecule has 18 heavy (non-hydrogen) atoms. The summed E-state index contributed by atoms with van der Waals surface area (Å²) in [6.07, 6.45) is 0.